The van der Waals surface area contributed by atoms with Crippen LogP contribution in [0.4, 0.5) is 5.69 Å². The molecule has 3 N–H and O–H groups in total. The second-order valence-electron chi connectivity index (χ2n) is 4.45. The molecule has 0 saturated carbocycles. The molecule has 0 radical (unpaired) electrons. The number of aryl methyl sites for hydroxylation is 1. The molecule has 20 heavy (non-hydrogen) atoms. The lowest BCUT2D eigenvalue weighted by atomic mass is 10.2. The first-order valence-corrected chi connectivity index (χ1v) is 6.49. The molecule has 6 heteroatoms. The molecule has 0 spiro atoms. The third kappa shape index (κ3) is 2.80. The number of hydrogen-bond acceptors (Lipinski definition) is 4. The molecule has 106 valence electrons. The van der Waals surface area contributed by atoms with Gasteiger partial charge in [0.25, 0.3) is 5.91 Å². The lowest BCUT2D eigenvalue weighted by Crippen LogP contribution is -2.32. The Kier molecular flexibility index (Phi) is 4.37. The fourth-order valence-electron chi connectivity index (χ4n) is 2.12. The van der Waals surface area contributed by atoms with Crippen LogP contribution in [0.5, 0.6) is 0 Å². The van der Waals surface area contributed by atoms with Gasteiger partial charge in [0.15, 0.2) is 0 Å². The van der Waals surface area contributed by atoms with Crippen LogP contribution in [-0.4, -0.2) is 22.2 Å². The molecule has 0 fully saturated rings. The Bertz CT molecular complexity index is 579. The van der Waals surface area contributed by atoms with Crippen LogP contribution in [0.1, 0.15) is 23.0 Å². The molecule has 6 nitrogen and oxygen atoms in total. The predicted octanol–water partition coefficient (Wildman–Crippen LogP) is 1.05. The molecule has 0 aliphatic rings. The molecule has 0 aliphatic carbocycles. The van der Waals surface area contributed by atoms with E-state index in [4.69, 9.17) is 5.84 Å². The van der Waals surface area contributed by atoms with E-state index in [-0.39, 0.29) is 5.91 Å². The lowest BCUT2D eigenvalue weighted by Gasteiger charge is -2.23. The van der Waals surface area contributed by atoms with E-state index in [1.165, 1.54) is 6.20 Å². The van der Waals surface area contributed by atoms with Crippen LogP contribution in [0, 0.1) is 0 Å². The fraction of sp³-hybridized carbons (Fsp3) is 0.286. The summed E-state index contributed by atoms with van der Waals surface area (Å²) in [6.07, 6.45) is 1.54. The second kappa shape index (κ2) is 6.21. The first-order valence-electron chi connectivity index (χ1n) is 6.49. The molecule has 0 unspecified atom stereocenters. The molecule has 0 atom stereocenters. The van der Waals surface area contributed by atoms with Gasteiger partial charge in [0.1, 0.15) is 0 Å². The van der Waals surface area contributed by atoms with Crippen molar-refractivity contribution in [2.75, 3.05) is 11.4 Å². The normalized spacial score (nSPS) is 10.3. The summed E-state index contributed by atoms with van der Waals surface area (Å²) in [7, 11) is 1.82. The molecular formula is C14H19N5O. The zero-order valence-electron chi connectivity index (χ0n) is 11.7. The van der Waals surface area contributed by atoms with Gasteiger partial charge in [-0.1, -0.05) is 18.2 Å². The SMILES string of the molecule is CCN(Cc1c(C(=O)NN)cnn1C)c1ccccc1. The topological polar surface area (TPSA) is 76.2 Å². The Morgan fingerprint density at radius 3 is 2.70 bits per heavy atom. The van der Waals surface area contributed by atoms with Gasteiger partial charge in [-0.05, 0) is 19.1 Å². The maximum absolute atomic E-state index is 11.7. The average Bonchev–Trinajstić information content (AvgIpc) is 2.85. The Morgan fingerprint density at radius 2 is 2.10 bits per heavy atom. The van der Waals surface area contributed by atoms with Gasteiger partial charge < -0.3 is 4.90 Å². The Morgan fingerprint density at radius 1 is 1.40 bits per heavy atom. The van der Waals surface area contributed by atoms with Gasteiger partial charge in [0, 0.05) is 19.3 Å². The van der Waals surface area contributed by atoms with Gasteiger partial charge >= 0.3 is 0 Å². The molecule has 2 rings (SSSR count). The van der Waals surface area contributed by atoms with Crippen molar-refractivity contribution in [2.45, 2.75) is 13.5 Å². The maximum atomic E-state index is 11.7. The highest BCUT2D eigenvalue weighted by molar-refractivity contribution is 5.94. The molecular weight excluding hydrogens is 254 g/mol. The molecule has 1 amide bonds. The highest BCUT2D eigenvalue weighted by Crippen LogP contribution is 2.18. The Labute approximate surface area is 118 Å². The van der Waals surface area contributed by atoms with Crippen molar-refractivity contribution < 1.29 is 4.79 Å². The zero-order chi connectivity index (χ0) is 14.5. The number of carbonyl (C=O) groups is 1. The van der Waals surface area contributed by atoms with Crippen molar-refractivity contribution in [3.63, 3.8) is 0 Å². The highest BCUT2D eigenvalue weighted by atomic mass is 16.2. The van der Waals surface area contributed by atoms with Crippen molar-refractivity contribution in [1.82, 2.24) is 15.2 Å². The number of nitrogens with zero attached hydrogens (tertiary/aromatic N) is 3. The van der Waals surface area contributed by atoms with E-state index in [0.717, 1.165) is 17.9 Å². The monoisotopic (exact) mass is 273 g/mol. The quantitative estimate of drug-likeness (QED) is 0.485. The van der Waals surface area contributed by atoms with Crippen LogP contribution in [-0.2, 0) is 13.6 Å². The molecule has 0 aliphatic heterocycles. The standard InChI is InChI=1S/C14H19N5O/c1-3-19(11-7-5-4-6-8-11)10-13-12(14(20)17-15)9-16-18(13)2/h4-9H,3,10,15H2,1-2H3,(H,17,20). The van der Waals surface area contributed by atoms with E-state index in [0.29, 0.717) is 12.1 Å². The predicted molar refractivity (Wildman–Crippen MR) is 78.0 cm³/mol. The van der Waals surface area contributed by atoms with E-state index in [1.807, 2.05) is 37.4 Å². The summed E-state index contributed by atoms with van der Waals surface area (Å²) in [6.45, 7) is 3.50. The van der Waals surface area contributed by atoms with Crippen molar-refractivity contribution >= 4 is 11.6 Å². The van der Waals surface area contributed by atoms with Crippen molar-refractivity contribution in [3.8, 4) is 0 Å². The van der Waals surface area contributed by atoms with Gasteiger partial charge in [0.2, 0.25) is 0 Å². The van der Waals surface area contributed by atoms with Gasteiger partial charge in [-0.15, -0.1) is 0 Å². The number of anilines is 1. The summed E-state index contributed by atoms with van der Waals surface area (Å²) >= 11 is 0. The minimum atomic E-state index is -0.322. The molecule has 1 aromatic carbocycles. The lowest BCUT2D eigenvalue weighted by molar-refractivity contribution is 0.0952. The Balaban J connectivity index is 2.28. The van der Waals surface area contributed by atoms with Gasteiger partial charge in [0.05, 0.1) is 24.0 Å². The summed E-state index contributed by atoms with van der Waals surface area (Å²) in [4.78, 5) is 13.9. The molecule has 1 aromatic heterocycles. The second-order valence-corrected chi connectivity index (χ2v) is 4.45. The summed E-state index contributed by atoms with van der Waals surface area (Å²) in [6, 6.07) is 10.1. The van der Waals surface area contributed by atoms with Crippen LogP contribution >= 0.6 is 0 Å². The number of nitrogens with one attached hydrogen (secondary N) is 1. The van der Waals surface area contributed by atoms with E-state index in [2.05, 4.69) is 22.3 Å². The van der Waals surface area contributed by atoms with E-state index < -0.39 is 0 Å². The number of para-hydroxylation sites is 1. The summed E-state index contributed by atoms with van der Waals surface area (Å²) in [5.74, 6) is 4.88. The first kappa shape index (κ1) is 14.1. The van der Waals surface area contributed by atoms with Crippen LogP contribution in [0.2, 0.25) is 0 Å². The molecule has 2 aromatic rings. The van der Waals surface area contributed by atoms with E-state index in [9.17, 15) is 4.79 Å². The van der Waals surface area contributed by atoms with Gasteiger partial charge in [-0.25, -0.2) is 5.84 Å². The number of benzene rings is 1. The fourth-order valence-corrected chi connectivity index (χ4v) is 2.12. The summed E-state index contributed by atoms with van der Waals surface area (Å²) in [5.41, 5.74) is 4.60. The van der Waals surface area contributed by atoms with Crippen molar-refractivity contribution in [3.05, 3.63) is 47.8 Å². The van der Waals surface area contributed by atoms with Crippen molar-refractivity contribution in [2.24, 2.45) is 12.9 Å². The molecule has 1 heterocycles. The van der Waals surface area contributed by atoms with Crippen molar-refractivity contribution in [1.29, 1.82) is 0 Å². The van der Waals surface area contributed by atoms with Gasteiger partial charge in [-0.2, -0.15) is 5.10 Å². The maximum Gasteiger partial charge on any atom is 0.268 e. The molecule has 0 bridgehead atoms. The van der Waals surface area contributed by atoms with Crippen LogP contribution in [0.3, 0.4) is 0 Å². The number of aromatic nitrogens is 2. The zero-order valence-corrected chi connectivity index (χ0v) is 11.7. The smallest absolute Gasteiger partial charge is 0.268 e. The third-order valence-electron chi connectivity index (χ3n) is 3.28. The van der Waals surface area contributed by atoms with E-state index in [1.54, 1.807) is 4.68 Å². The van der Waals surface area contributed by atoms with Crippen LogP contribution in [0.15, 0.2) is 36.5 Å². The molecule has 0 saturated heterocycles. The number of rotatable bonds is 5. The largest absolute Gasteiger partial charge is 0.366 e. The average molecular weight is 273 g/mol. The summed E-state index contributed by atoms with van der Waals surface area (Å²) in [5, 5.41) is 4.14. The first-order chi connectivity index (χ1) is 9.67. The number of amides is 1. The van der Waals surface area contributed by atoms with Crippen LogP contribution in [0.25, 0.3) is 0 Å². The van der Waals surface area contributed by atoms with Gasteiger partial charge in [-0.3, -0.25) is 14.9 Å². The number of nitrogens with two attached hydrogens (primary N) is 1. The highest BCUT2D eigenvalue weighted by Gasteiger charge is 2.17. The minimum Gasteiger partial charge on any atom is -0.366 e. The number of nitrogen functional groups attached to an aromatic ring is 1. The third-order valence-corrected chi connectivity index (χ3v) is 3.28. The number of hydrogen-bond donors (Lipinski definition) is 2. The Hall–Kier alpha value is -2.34. The summed E-state index contributed by atoms with van der Waals surface area (Å²) < 4.78 is 1.70. The minimum absolute atomic E-state index is 0.322. The van der Waals surface area contributed by atoms with Crippen LogP contribution < -0.4 is 16.2 Å². The van der Waals surface area contributed by atoms with E-state index >= 15 is 0 Å². The number of hydrazine groups is 1. The number of carbonyl (C=O) groups excluding carboxylic acids is 1.